The third-order valence-electron chi connectivity index (χ3n) is 5.03. The average Bonchev–Trinajstić information content (AvgIpc) is 3.37. The van der Waals surface area contributed by atoms with Crippen LogP contribution in [0.15, 0.2) is 41.3 Å². The van der Waals surface area contributed by atoms with Gasteiger partial charge in [0.1, 0.15) is 11.6 Å². The molecule has 0 atom stereocenters. The summed E-state index contributed by atoms with van der Waals surface area (Å²) in [7, 11) is 0. The van der Waals surface area contributed by atoms with Gasteiger partial charge in [0, 0.05) is 31.5 Å². The molecule has 3 aromatic heterocycles. The molecule has 2 N–H and O–H groups in total. The maximum atomic E-state index is 4.71. The fourth-order valence-corrected chi connectivity index (χ4v) is 3.88. The van der Waals surface area contributed by atoms with Crippen LogP contribution >= 0.6 is 15.9 Å². The zero-order valence-electron chi connectivity index (χ0n) is 15.9. The molecule has 1 aliphatic heterocycles. The second-order valence-electron chi connectivity index (χ2n) is 7.15. The lowest BCUT2D eigenvalue weighted by Crippen LogP contribution is -2.21. The summed E-state index contributed by atoms with van der Waals surface area (Å²) in [6, 6.07) is 6.01. The van der Waals surface area contributed by atoms with E-state index in [0.717, 1.165) is 40.3 Å². The van der Waals surface area contributed by atoms with E-state index < -0.39 is 0 Å². The van der Waals surface area contributed by atoms with Gasteiger partial charge >= 0.3 is 0 Å². The molecule has 0 bridgehead atoms. The summed E-state index contributed by atoms with van der Waals surface area (Å²) >= 11 is 3.55. The lowest BCUT2D eigenvalue weighted by molar-refractivity contribution is 0.331. The molecule has 4 heterocycles. The summed E-state index contributed by atoms with van der Waals surface area (Å²) in [6.45, 7) is 5.35. The maximum absolute atomic E-state index is 4.71. The van der Waals surface area contributed by atoms with Gasteiger partial charge in [-0.1, -0.05) is 6.07 Å². The highest BCUT2D eigenvalue weighted by Gasteiger charge is 2.11. The quantitative estimate of drug-likeness (QED) is 0.490. The van der Waals surface area contributed by atoms with Crippen LogP contribution in [0, 0.1) is 0 Å². The molecule has 1 fully saturated rings. The normalized spacial score (nSPS) is 14.6. The Morgan fingerprint density at radius 1 is 1.11 bits per heavy atom. The molecule has 8 heteroatoms. The summed E-state index contributed by atoms with van der Waals surface area (Å²) in [5, 5.41) is 11.3. The van der Waals surface area contributed by atoms with Crippen molar-refractivity contribution in [3.8, 4) is 0 Å². The molecule has 4 rings (SSSR count). The molecule has 1 aliphatic rings. The second kappa shape index (κ2) is 9.34. The SMILES string of the molecule is Brc1cnn2c(NCc3cccnc3)cc(NCCCCN3CCCC3)nc12. The van der Waals surface area contributed by atoms with Gasteiger partial charge in [-0.05, 0) is 72.9 Å². The average molecular weight is 444 g/mol. The second-order valence-corrected chi connectivity index (χ2v) is 8.01. The number of hydrogen-bond donors (Lipinski definition) is 2. The van der Waals surface area contributed by atoms with E-state index in [1.54, 1.807) is 12.4 Å². The van der Waals surface area contributed by atoms with Crippen LogP contribution in [0.4, 0.5) is 11.6 Å². The van der Waals surface area contributed by atoms with Crippen LogP contribution < -0.4 is 10.6 Å². The Balaban J connectivity index is 1.37. The number of anilines is 2. The largest absolute Gasteiger partial charge is 0.370 e. The number of aromatic nitrogens is 4. The van der Waals surface area contributed by atoms with Gasteiger partial charge < -0.3 is 15.5 Å². The zero-order valence-corrected chi connectivity index (χ0v) is 17.5. The number of nitrogens with one attached hydrogen (secondary N) is 2. The van der Waals surface area contributed by atoms with Gasteiger partial charge in [-0.2, -0.15) is 9.61 Å². The fraction of sp³-hybridized carbons (Fsp3) is 0.450. The van der Waals surface area contributed by atoms with Crippen molar-refractivity contribution in [2.45, 2.75) is 32.2 Å². The van der Waals surface area contributed by atoms with Crippen molar-refractivity contribution in [2.24, 2.45) is 0 Å². The molecule has 0 saturated carbocycles. The number of halogens is 1. The van der Waals surface area contributed by atoms with Gasteiger partial charge in [0.2, 0.25) is 0 Å². The Bertz CT molecular complexity index is 890. The Hall–Kier alpha value is -2.19. The fourth-order valence-electron chi connectivity index (χ4n) is 3.53. The molecule has 0 aromatic carbocycles. The summed E-state index contributed by atoms with van der Waals surface area (Å²) in [6.07, 6.45) is 10.5. The topological polar surface area (TPSA) is 70.4 Å². The van der Waals surface area contributed by atoms with Crippen molar-refractivity contribution >= 4 is 33.2 Å². The maximum Gasteiger partial charge on any atom is 0.173 e. The van der Waals surface area contributed by atoms with Crippen molar-refractivity contribution in [1.82, 2.24) is 24.5 Å². The first-order valence-electron chi connectivity index (χ1n) is 9.93. The number of rotatable bonds is 9. The molecule has 0 spiro atoms. The first-order valence-corrected chi connectivity index (χ1v) is 10.7. The first-order chi connectivity index (χ1) is 13.8. The zero-order chi connectivity index (χ0) is 19.2. The highest BCUT2D eigenvalue weighted by atomic mass is 79.9. The van der Waals surface area contributed by atoms with Crippen molar-refractivity contribution in [3.05, 3.63) is 46.8 Å². The van der Waals surface area contributed by atoms with Crippen molar-refractivity contribution < 1.29 is 0 Å². The Morgan fingerprint density at radius 2 is 2.00 bits per heavy atom. The molecule has 0 unspecified atom stereocenters. The van der Waals surface area contributed by atoms with E-state index in [9.17, 15) is 0 Å². The summed E-state index contributed by atoms with van der Waals surface area (Å²) in [4.78, 5) is 11.4. The highest BCUT2D eigenvalue weighted by molar-refractivity contribution is 9.10. The lowest BCUT2D eigenvalue weighted by atomic mass is 10.3. The predicted octanol–water partition coefficient (Wildman–Crippen LogP) is 3.79. The minimum atomic E-state index is 0.680. The van der Waals surface area contributed by atoms with E-state index in [1.807, 2.05) is 22.8 Å². The number of hydrogen-bond acceptors (Lipinski definition) is 6. The first kappa shape index (κ1) is 19.1. The van der Waals surface area contributed by atoms with Gasteiger partial charge in [-0.15, -0.1) is 0 Å². The van der Waals surface area contributed by atoms with Crippen LogP contribution in [0.1, 0.15) is 31.2 Å². The standard InChI is InChI=1S/C20H26BrN7/c21-17-15-25-28-19(24-14-16-6-5-7-22-13-16)12-18(26-20(17)28)23-8-1-2-9-27-10-3-4-11-27/h5-7,12-13,15,24H,1-4,8-11,14H2,(H,23,26). The third kappa shape index (κ3) is 4.80. The minimum absolute atomic E-state index is 0.680. The Labute approximate surface area is 173 Å². The monoisotopic (exact) mass is 443 g/mol. The molecule has 7 nitrogen and oxygen atoms in total. The van der Waals surface area contributed by atoms with Crippen molar-refractivity contribution in [3.63, 3.8) is 0 Å². The third-order valence-corrected chi connectivity index (χ3v) is 5.59. The molecule has 0 radical (unpaired) electrons. The predicted molar refractivity (Wildman–Crippen MR) is 116 cm³/mol. The van der Waals surface area contributed by atoms with Crippen LogP contribution in [-0.4, -0.2) is 50.7 Å². The van der Waals surface area contributed by atoms with Gasteiger partial charge in [-0.25, -0.2) is 4.98 Å². The Kier molecular flexibility index (Phi) is 6.38. The number of fused-ring (bicyclic) bond motifs is 1. The molecular weight excluding hydrogens is 418 g/mol. The van der Waals surface area contributed by atoms with Crippen LogP contribution in [0.5, 0.6) is 0 Å². The molecule has 0 amide bonds. The summed E-state index contributed by atoms with van der Waals surface area (Å²) in [5.41, 5.74) is 1.92. The van der Waals surface area contributed by atoms with E-state index >= 15 is 0 Å². The smallest absolute Gasteiger partial charge is 0.173 e. The number of likely N-dealkylation sites (tertiary alicyclic amines) is 1. The van der Waals surface area contributed by atoms with E-state index in [4.69, 9.17) is 4.98 Å². The molecule has 0 aliphatic carbocycles. The van der Waals surface area contributed by atoms with Crippen LogP contribution in [-0.2, 0) is 6.54 Å². The van der Waals surface area contributed by atoms with E-state index in [-0.39, 0.29) is 0 Å². The molecule has 28 heavy (non-hydrogen) atoms. The highest BCUT2D eigenvalue weighted by Crippen LogP contribution is 2.23. The van der Waals surface area contributed by atoms with Gasteiger partial charge in [0.25, 0.3) is 0 Å². The summed E-state index contributed by atoms with van der Waals surface area (Å²) in [5.74, 6) is 1.77. The summed E-state index contributed by atoms with van der Waals surface area (Å²) < 4.78 is 2.70. The molecule has 148 valence electrons. The molecular formula is C20H26BrN7. The Morgan fingerprint density at radius 3 is 2.82 bits per heavy atom. The minimum Gasteiger partial charge on any atom is -0.370 e. The van der Waals surface area contributed by atoms with Gasteiger partial charge in [-0.3, -0.25) is 4.98 Å². The molecule has 3 aromatic rings. The van der Waals surface area contributed by atoms with Crippen LogP contribution in [0.2, 0.25) is 0 Å². The van der Waals surface area contributed by atoms with Gasteiger partial charge in [0.05, 0.1) is 10.7 Å². The van der Waals surface area contributed by atoms with Crippen LogP contribution in [0.3, 0.4) is 0 Å². The van der Waals surface area contributed by atoms with Crippen molar-refractivity contribution in [2.75, 3.05) is 36.8 Å². The number of pyridine rings is 1. The number of unbranched alkanes of at least 4 members (excludes halogenated alkanes) is 1. The lowest BCUT2D eigenvalue weighted by Gasteiger charge is -2.14. The van der Waals surface area contributed by atoms with Gasteiger partial charge in [0.15, 0.2) is 5.65 Å². The van der Waals surface area contributed by atoms with E-state index in [1.165, 1.54) is 38.9 Å². The van der Waals surface area contributed by atoms with E-state index in [0.29, 0.717) is 6.54 Å². The van der Waals surface area contributed by atoms with Crippen LogP contribution in [0.25, 0.3) is 5.65 Å². The number of nitrogens with zero attached hydrogens (tertiary/aromatic N) is 5. The molecule has 1 saturated heterocycles. The van der Waals surface area contributed by atoms with E-state index in [2.05, 4.69) is 47.6 Å². The van der Waals surface area contributed by atoms with Crippen molar-refractivity contribution in [1.29, 1.82) is 0 Å².